The average molecular weight is 900 g/mol. The maximum atomic E-state index is 11.7. The van der Waals surface area contributed by atoms with E-state index in [2.05, 4.69) is 35.6 Å². The Hall–Kier alpha value is 1.55. The minimum Gasteiger partial charge on any atom is -0.574 e. The standard InChI is InChI=1S/C13H14N3OS.3W.Y/c1-7-6-9-10(18-7)5-3-4-8-11(9)15-16-12(8)13(17)14-2;;;;/h6H,2-5H2,1H3,(H2,14,15,16,17);;;;/q-1;;;;/p-1. The van der Waals surface area contributed by atoms with E-state index in [0.29, 0.717) is 5.69 Å². The molecule has 22 heavy (non-hydrogen) atoms. The molecule has 1 N–H and O–H groups in total. The first-order valence-electron chi connectivity index (χ1n) is 5.90. The maximum absolute atomic E-state index is 11.7. The molecule has 0 aliphatic heterocycles. The van der Waals surface area contributed by atoms with Crippen molar-refractivity contribution in [3.05, 3.63) is 34.1 Å². The van der Waals surface area contributed by atoms with Crippen LogP contribution in [0.15, 0.2) is 6.07 Å². The minimum atomic E-state index is -0.251. The molecule has 115 valence electrons. The average Bonchev–Trinajstić information content (AvgIpc) is 2.89. The third-order valence-corrected chi connectivity index (χ3v) is 4.33. The van der Waals surface area contributed by atoms with Gasteiger partial charge in [-0.3, -0.25) is 11.8 Å². The van der Waals surface area contributed by atoms with Crippen LogP contribution in [0.3, 0.4) is 0 Å². The van der Waals surface area contributed by atoms with E-state index in [-0.39, 0.29) is 102 Å². The predicted octanol–water partition coefficient (Wildman–Crippen LogP) is 2.08. The van der Waals surface area contributed by atoms with Crippen LogP contribution in [0.5, 0.6) is 0 Å². The summed E-state index contributed by atoms with van der Waals surface area (Å²) in [6, 6.07) is 2.14. The van der Waals surface area contributed by atoms with E-state index in [1.54, 1.807) is 0 Å². The second-order valence-electron chi connectivity index (χ2n) is 4.43. The van der Waals surface area contributed by atoms with Gasteiger partial charge in [-0.05, 0) is 43.4 Å². The number of nitrogens with zero attached hydrogens (tertiary/aromatic N) is 2. The molecule has 0 fully saturated rings. The Kier molecular flexibility index (Phi) is 13.2. The molecular weight excluding hydrogens is 887 g/mol. The molecule has 1 amide bonds. The van der Waals surface area contributed by atoms with Crippen molar-refractivity contribution in [1.82, 2.24) is 15.5 Å². The molecule has 0 aromatic carbocycles. The molecule has 2 aromatic heterocycles. The Morgan fingerprint density at radius 3 is 2.68 bits per heavy atom. The SMILES string of the molecule is [CH2-]NC(=O)c1n[n-]c2c1CCCc1sc(C)cc1-2.[W].[W].[W].[Y]. The van der Waals surface area contributed by atoms with Crippen molar-refractivity contribution in [3.8, 4) is 11.3 Å². The minimum absolute atomic E-state index is 0. The molecule has 1 aliphatic rings. The van der Waals surface area contributed by atoms with E-state index in [1.807, 2.05) is 11.3 Å². The molecule has 4 nitrogen and oxygen atoms in total. The first-order chi connectivity index (χ1) is 8.70. The van der Waals surface area contributed by atoms with Crippen molar-refractivity contribution in [1.29, 1.82) is 0 Å². The monoisotopic (exact) mass is 900 g/mol. The summed E-state index contributed by atoms with van der Waals surface area (Å²) in [5, 5.41) is 10.6. The summed E-state index contributed by atoms with van der Waals surface area (Å²) in [4.78, 5) is 14.3. The summed E-state index contributed by atoms with van der Waals surface area (Å²) in [6.45, 7) is 2.10. The quantitative estimate of drug-likeness (QED) is 0.447. The largest absolute Gasteiger partial charge is 0.574 e. The van der Waals surface area contributed by atoms with E-state index in [9.17, 15) is 4.79 Å². The number of hydrogen-bond donors (Lipinski definition) is 1. The molecule has 0 spiro atoms. The molecule has 2 heterocycles. The van der Waals surface area contributed by atoms with Gasteiger partial charge in [0.05, 0.1) is 0 Å². The number of hydrogen-bond acceptors (Lipinski definition) is 3. The third kappa shape index (κ3) is 5.03. The summed E-state index contributed by atoms with van der Waals surface area (Å²) >= 11 is 1.81. The first kappa shape index (κ1) is 25.8. The van der Waals surface area contributed by atoms with Crippen molar-refractivity contribution in [2.24, 2.45) is 0 Å². The maximum Gasteiger partial charge on any atom is 0.239 e. The second-order valence-corrected chi connectivity index (χ2v) is 5.77. The summed E-state index contributed by atoms with van der Waals surface area (Å²) in [6.07, 6.45) is 2.94. The van der Waals surface area contributed by atoms with E-state index < -0.39 is 0 Å². The zero-order valence-corrected chi connectivity index (χ0v) is 24.4. The van der Waals surface area contributed by atoms with E-state index in [4.69, 9.17) is 0 Å². The molecule has 0 bridgehead atoms. The van der Waals surface area contributed by atoms with Gasteiger partial charge in [-0.15, -0.1) is 17.0 Å². The van der Waals surface area contributed by atoms with Crippen LogP contribution in [0.2, 0.25) is 0 Å². The Balaban J connectivity index is 0. The number of thiophene rings is 1. The van der Waals surface area contributed by atoms with Gasteiger partial charge >= 0.3 is 0 Å². The van der Waals surface area contributed by atoms with E-state index >= 15 is 0 Å². The van der Waals surface area contributed by atoms with Gasteiger partial charge in [-0.2, -0.15) is 0 Å². The van der Waals surface area contributed by atoms with Crippen LogP contribution in [0, 0.1) is 14.0 Å². The fourth-order valence-corrected chi connectivity index (χ4v) is 3.50. The summed E-state index contributed by atoms with van der Waals surface area (Å²) in [7, 11) is 3.40. The number of nitrogens with one attached hydrogen (secondary N) is 1. The van der Waals surface area contributed by atoms with Crippen LogP contribution in [-0.4, -0.2) is 11.0 Å². The normalized spacial score (nSPS) is 11.2. The molecule has 0 unspecified atom stereocenters. The van der Waals surface area contributed by atoms with Crippen LogP contribution in [0.25, 0.3) is 11.3 Å². The van der Waals surface area contributed by atoms with Crippen LogP contribution in [0.4, 0.5) is 0 Å². The van der Waals surface area contributed by atoms with Crippen molar-refractivity contribution in [2.45, 2.75) is 26.2 Å². The fraction of sp³-hybridized carbons (Fsp3) is 0.308. The van der Waals surface area contributed by atoms with Gasteiger partial charge in [0.1, 0.15) is 5.69 Å². The number of aromatic nitrogens is 2. The van der Waals surface area contributed by atoms with Crippen molar-refractivity contribution < 1.29 is 101 Å². The Labute approximate surface area is 202 Å². The van der Waals surface area contributed by atoms with Crippen molar-refractivity contribution >= 4 is 17.2 Å². The van der Waals surface area contributed by atoms with Crippen LogP contribution < -0.4 is 10.4 Å². The predicted molar refractivity (Wildman–Crippen MR) is 70.5 cm³/mol. The zero-order chi connectivity index (χ0) is 12.7. The van der Waals surface area contributed by atoms with Gasteiger partial charge in [0.25, 0.3) is 0 Å². The van der Waals surface area contributed by atoms with Gasteiger partial charge in [-0.25, -0.2) is 0 Å². The molecule has 0 saturated carbocycles. The Morgan fingerprint density at radius 2 is 2.05 bits per heavy atom. The van der Waals surface area contributed by atoms with Crippen molar-refractivity contribution in [3.63, 3.8) is 0 Å². The smallest absolute Gasteiger partial charge is 0.239 e. The van der Waals surface area contributed by atoms with Crippen LogP contribution in [-0.2, 0) is 109 Å². The number of carbonyl (C=O) groups is 1. The number of fused-ring (bicyclic) bond motifs is 3. The third-order valence-electron chi connectivity index (χ3n) is 3.22. The fourth-order valence-electron chi connectivity index (χ4n) is 2.43. The number of aryl methyl sites for hydroxylation is 2. The van der Waals surface area contributed by atoms with Gasteiger partial charge in [-0.1, -0.05) is 0 Å². The van der Waals surface area contributed by atoms with E-state index in [1.165, 1.54) is 9.75 Å². The van der Waals surface area contributed by atoms with Crippen LogP contribution in [0.1, 0.15) is 32.2 Å². The summed E-state index contributed by atoms with van der Waals surface area (Å²) in [5.74, 6) is -0.251. The molecule has 2 aromatic rings. The van der Waals surface area contributed by atoms with Gasteiger partial charge in [0.2, 0.25) is 5.91 Å². The Bertz CT molecular complexity index is 630. The molecule has 0 atom stereocenters. The van der Waals surface area contributed by atoms with Gasteiger partial charge in [0, 0.05) is 106 Å². The zero-order valence-electron chi connectivity index (χ0n) is 11.9. The number of amides is 1. The first-order valence-corrected chi connectivity index (χ1v) is 6.71. The summed E-state index contributed by atoms with van der Waals surface area (Å²) in [5.41, 5.74) is 3.43. The topological polar surface area (TPSA) is 56.1 Å². The molecule has 9 heteroatoms. The second kappa shape index (κ2) is 11.2. The molecule has 3 rings (SSSR count). The van der Waals surface area contributed by atoms with Gasteiger partial charge < -0.3 is 15.5 Å². The molecular formula is C13H13N3OSW3Y-2. The molecule has 0 saturated heterocycles. The van der Waals surface area contributed by atoms with Crippen molar-refractivity contribution in [2.75, 3.05) is 0 Å². The molecule has 1 radical (unpaired) electrons. The number of rotatable bonds is 1. The van der Waals surface area contributed by atoms with E-state index in [0.717, 1.165) is 36.1 Å². The Morgan fingerprint density at radius 1 is 1.36 bits per heavy atom. The van der Waals surface area contributed by atoms with Gasteiger partial charge in [0.15, 0.2) is 0 Å². The number of carbonyl (C=O) groups excluding carboxylic acids is 1. The van der Waals surface area contributed by atoms with Crippen LogP contribution >= 0.6 is 11.3 Å². The molecule has 1 aliphatic carbocycles. The summed E-state index contributed by atoms with van der Waals surface area (Å²) < 4.78 is 0.